The SMILES string of the molecule is CCC(=C(c1ccc(C=CC(=O)O)cc1)c1ccc(OC(=O)c2ccccc2)cc1)c1ccccc1. The Bertz CT molecular complexity index is 1380. The highest BCUT2D eigenvalue weighted by Crippen LogP contribution is 2.35. The number of benzene rings is 4. The molecule has 0 atom stereocenters. The quantitative estimate of drug-likeness (QED) is 0.125. The van der Waals surface area contributed by atoms with Crippen LogP contribution in [0.5, 0.6) is 5.75 Å². The average molecular weight is 475 g/mol. The van der Waals surface area contributed by atoms with E-state index in [1.165, 1.54) is 5.57 Å². The highest BCUT2D eigenvalue weighted by atomic mass is 16.5. The van der Waals surface area contributed by atoms with Crippen LogP contribution in [0.4, 0.5) is 0 Å². The van der Waals surface area contributed by atoms with Gasteiger partial charge in [-0.25, -0.2) is 9.59 Å². The molecule has 0 heterocycles. The second kappa shape index (κ2) is 11.6. The molecule has 0 aliphatic heterocycles. The van der Waals surface area contributed by atoms with Gasteiger partial charge in [-0.05, 0) is 70.2 Å². The number of carbonyl (C=O) groups is 2. The van der Waals surface area contributed by atoms with Gasteiger partial charge in [-0.3, -0.25) is 0 Å². The molecule has 36 heavy (non-hydrogen) atoms. The first-order valence-corrected chi connectivity index (χ1v) is 11.7. The molecule has 0 amide bonds. The molecule has 4 rings (SSSR count). The van der Waals surface area contributed by atoms with Crippen molar-refractivity contribution in [1.82, 2.24) is 0 Å². The van der Waals surface area contributed by atoms with Gasteiger partial charge in [0.25, 0.3) is 0 Å². The number of rotatable bonds is 8. The van der Waals surface area contributed by atoms with Crippen molar-refractivity contribution in [2.75, 3.05) is 0 Å². The van der Waals surface area contributed by atoms with Gasteiger partial charge in [0.1, 0.15) is 5.75 Å². The third kappa shape index (κ3) is 6.05. The minimum atomic E-state index is -0.981. The Kier molecular flexibility index (Phi) is 7.89. The Labute approximate surface area is 210 Å². The van der Waals surface area contributed by atoms with E-state index in [1.807, 2.05) is 60.7 Å². The van der Waals surface area contributed by atoms with Gasteiger partial charge in [-0.2, -0.15) is 0 Å². The molecule has 0 aliphatic carbocycles. The van der Waals surface area contributed by atoms with Crippen LogP contribution in [-0.2, 0) is 4.79 Å². The first kappa shape index (κ1) is 24.4. The molecule has 4 heteroatoms. The van der Waals surface area contributed by atoms with Crippen LogP contribution < -0.4 is 4.74 Å². The monoisotopic (exact) mass is 474 g/mol. The molecular formula is C32H26O4. The van der Waals surface area contributed by atoms with Gasteiger partial charge < -0.3 is 9.84 Å². The topological polar surface area (TPSA) is 63.6 Å². The Balaban J connectivity index is 1.72. The summed E-state index contributed by atoms with van der Waals surface area (Å²) in [4.78, 5) is 23.3. The normalized spacial score (nSPS) is 11.7. The van der Waals surface area contributed by atoms with Gasteiger partial charge in [0, 0.05) is 6.08 Å². The van der Waals surface area contributed by atoms with E-state index in [1.54, 1.807) is 42.5 Å². The first-order chi connectivity index (χ1) is 17.5. The summed E-state index contributed by atoms with van der Waals surface area (Å²) in [6.45, 7) is 2.13. The van der Waals surface area contributed by atoms with Crippen molar-refractivity contribution in [1.29, 1.82) is 0 Å². The number of carboxylic acid groups (broad SMARTS) is 1. The highest BCUT2D eigenvalue weighted by molar-refractivity contribution is 5.99. The number of hydrogen-bond donors (Lipinski definition) is 1. The van der Waals surface area contributed by atoms with Gasteiger partial charge >= 0.3 is 11.9 Å². The number of hydrogen-bond acceptors (Lipinski definition) is 3. The average Bonchev–Trinajstić information content (AvgIpc) is 2.92. The minimum Gasteiger partial charge on any atom is -0.478 e. The molecule has 4 nitrogen and oxygen atoms in total. The van der Waals surface area contributed by atoms with Crippen molar-refractivity contribution < 1.29 is 19.4 Å². The fraction of sp³-hybridized carbons (Fsp3) is 0.0625. The van der Waals surface area contributed by atoms with Crippen molar-refractivity contribution in [3.63, 3.8) is 0 Å². The number of allylic oxidation sites excluding steroid dienone is 1. The van der Waals surface area contributed by atoms with Crippen molar-refractivity contribution in [2.45, 2.75) is 13.3 Å². The number of carbonyl (C=O) groups excluding carboxylic acids is 1. The molecule has 0 aliphatic rings. The summed E-state index contributed by atoms with van der Waals surface area (Å²) in [6, 6.07) is 34.5. The van der Waals surface area contributed by atoms with E-state index >= 15 is 0 Å². The van der Waals surface area contributed by atoms with Crippen molar-refractivity contribution in [3.05, 3.63) is 143 Å². The lowest BCUT2D eigenvalue weighted by Gasteiger charge is -2.17. The molecule has 4 aromatic carbocycles. The van der Waals surface area contributed by atoms with E-state index in [4.69, 9.17) is 9.84 Å². The molecule has 0 spiro atoms. The van der Waals surface area contributed by atoms with Gasteiger partial charge in [-0.15, -0.1) is 0 Å². The van der Waals surface area contributed by atoms with E-state index in [-0.39, 0.29) is 0 Å². The zero-order valence-corrected chi connectivity index (χ0v) is 19.9. The molecule has 1 N–H and O–H groups in total. The fourth-order valence-corrected chi connectivity index (χ4v) is 4.04. The first-order valence-electron chi connectivity index (χ1n) is 11.7. The smallest absolute Gasteiger partial charge is 0.343 e. The molecule has 0 aromatic heterocycles. The van der Waals surface area contributed by atoms with Crippen LogP contribution >= 0.6 is 0 Å². The third-order valence-electron chi connectivity index (χ3n) is 5.76. The van der Waals surface area contributed by atoms with Crippen LogP contribution in [0.3, 0.4) is 0 Å². The zero-order valence-electron chi connectivity index (χ0n) is 19.9. The number of ether oxygens (including phenoxy) is 1. The number of carboxylic acids is 1. The van der Waals surface area contributed by atoms with Gasteiger partial charge in [0.2, 0.25) is 0 Å². The maximum Gasteiger partial charge on any atom is 0.343 e. The summed E-state index contributed by atoms with van der Waals surface area (Å²) in [7, 11) is 0. The van der Waals surface area contributed by atoms with Crippen molar-refractivity contribution >= 4 is 29.2 Å². The summed E-state index contributed by atoms with van der Waals surface area (Å²) in [5, 5.41) is 8.91. The van der Waals surface area contributed by atoms with Crippen LogP contribution in [0.1, 0.15) is 46.0 Å². The Morgan fingerprint density at radius 3 is 1.75 bits per heavy atom. The minimum absolute atomic E-state index is 0.400. The molecule has 4 aromatic rings. The molecule has 0 saturated heterocycles. The van der Waals surface area contributed by atoms with E-state index in [2.05, 4.69) is 19.1 Å². The van der Waals surface area contributed by atoms with Crippen molar-refractivity contribution in [2.24, 2.45) is 0 Å². The summed E-state index contributed by atoms with van der Waals surface area (Å²) < 4.78 is 5.56. The molecule has 0 bridgehead atoms. The molecule has 0 saturated carbocycles. The lowest BCUT2D eigenvalue weighted by molar-refractivity contribution is -0.131. The van der Waals surface area contributed by atoms with Gasteiger partial charge in [0.15, 0.2) is 0 Å². The Morgan fingerprint density at radius 2 is 1.22 bits per heavy atom. The lowest BCUT2D eigenvalue weighted by atomic mass is 9.88. The fourth-order valence-electron chi connectivity index (χ4n) is 4.04. The standard InChI is InChI=1S/C32H26O4/c1-2-29(24-9-5-3-6-10-24)31(25-16-13-23(14-17-25)15-22-30(33)34)26-18-20-28(21-19-26)36-32(35)27-11-7-4-8-12-27/h3-22H,2H2,1H3,(H,33,34). The summed E-state index contributed by atoms with van der Waals surface area (Å²) in [5.41, 5.74) is 6.68. The third-order valence-corrected chi connectivity index (χ3v) is 5.76. The Morgan fingerprint density at radius 1 is 0.694 bits per heavy atom. The zero-order chi connectivity index (χ0) is 25.3. The highest BCUT2D eigenvalue weighted by Gasteiger charge is 2.14. The maximum atomic E-state index is 12.4. The molecule has 0 fully saturated rings. The molecular weight excluding hydrogens is 448 g/mol. The Hall–Kier alpha value is -4.70. The number of esters is 1. The predicted molar refractivity (Wildman–Crippen MR) is 144 cm³/mol. The maximum absolute atomic E-state index is 12.4. The largest absolute Gasteiger partial charge is 0.478 e. The summed E-state index contributed by atoms with van der Waals surface area (Å²) in [5.74, 6) is -0.911. The second-order valence-electron chi connectivity index (χ2n) is 8.15. The molecule has 0 unspecified atom stereocenters. The van der Waals surface area contributed by atoms with E-state index < -0.39 is 11.9 Å². The van der Waals surface area contributed by atoms with Gasteiger partial charge in [-0.1, -0.05) is 91.9 Å². The van der Waals surface area contributed by atoms with E-state index in [0.29, 0.717) is 11.3 Å². The summed E-state index contributed by atoms with van der Waals surface area (Å²) >= 11 is 0. The van der Waals surface area contributed by atoms with Crippen LogP contribution in [0.25, 0.3) is 17.2 Å². The van der Waals surface area contributed by atoms with Gasteiger partial charge in [0.05, 0.1) is 5.56 Å². The molecule has 0 radical (unpaired) electrons. The van der Waals surface area contributed by atoms with E-state index in [0.717, 1.165) is 40.3 Å². The van der Waals surface area contributed by atoms with Crippen LogP contribution in [0.15, 0.2) is 115 Å². The van der Waals surface area contributed by atoms with Crippen LogP contribution in [0.2, 0.25) is 0 Å². The second-order valence-corrected chi connectivity index (χ2v) is 8.15. The van der Waals surface area contributed by atoms with Crippen LogP contribution in [-0.4, -0.2) is 17.0 Å². The lowest BCUT2D eigenvalue weighted by Crippen LogP contribution is -2.08. The number of aliphatic carboxylic acids is 1. The van der Waals surface area contributed by atoms with E-state index in [9.17, 15) is 9.59 Å². The van der Waals surface area contributed by atoms with Crippen LogP contribution in [0, 0.1) is 0 Å². The van der Waals surface area contributed by atoms with Crippen molar-refractivity contribution in [3.8, 4) is 5.75 Å². The predicted octanol–water partition coefficient (Wildman–Crippen LogP) is 7.37. The summed E-state index contributed by atoms with van der Waals surface area (Å²) in [6.07, 6.45) is 3.51. The molecule has 178 valence electrons.